The van der Waals surface area contributed by atoms with Crippen molar-refractivity contribution in [2.75, 3.05) is 13.6 Å². The number of nitrogens with zero attached hydrogens (tertiary/aromatic N) is 1. The lowest BCUT2D eigenvalue weighted by Gasteiger charge is -2.41. The lowest BCUT2D eigenvalue weighted by Crippen LogP contribution is -2.56. The molecule has 1 fully saturated rings. The van der Waals surface area contributed by atoms with E-state index in [9.17, 15) is 9.90 Å². The largest absolute Gasteiger partial charge is 0.455 e. The van der Waals surface area contributed by atoms with Crippen molar-refractivity contribution in [2.45, 2.75) is 51.2 Å². The number of carbonyl (C=O) groups excluding carboxylic acids is 1. The number of esters is 1. The Bertz CT molecular complexity index is 325. The van der Waals surface area contributed by atoms with Crippen LogP contribution in [0.2, 0.25) is 0 Å². The van der Waals surface area contributed by atoms with Gasteiger partial charge in [-0.05, 0) is 20.4 Å². The number of aliphatic hydroxyl groups is 1. The van der Waals surface area contributed by atoms with E-state index in [1.807, 2.05) is 18.9 Å². The van der Waals surface area contributed by atoms with Gasteiger partial charge in [0.25, 0.3) is 0 Å². The highest BCUT2D eigenvalue weighted by molar-refractivity contribution is 5.66. The second kappa shape index (κ2) is 6.74. The van der Waals surface area contributed by atoms with Crippen LogP contribution < -0.4 is 0 Å². The van der Waals surface area contributed by atoms with Gasteiger partial charge in [0.05, 0.1) is 12.1 Å². The van der Waals surface area contributed by atoms with Crippen LogP contribution in [0.15, 0.2) is 0 Å². The molecule has 1 aliphatic rings. The minimum atomic E-state index is -1.09. The summed E-state index contributed by atoms with van der Waals surface area (Å²) in [7, 11) is 1.91. The minimum Gasteiger partial charge on any atom is -0.455 e. The third-order valence-electron chi connectivity index (χ3n) is 3.08. The first-order valence-corrected chi connectivity index (χ1v) is 6.10. The first-order chi connectivity index (χ1) is 8.45. The summed E-state index contributed by atoms with van der Waals surface area (Å²) >= 11 is 0. The van der Waals surface area contributed by atoms with Gasteiger partial charge < -0.3 is 14.6 Å². The van der Waals surface area contributed by atoms with Crippen LogP contribution in [0.4, 0.5) is 0 Å². The van der Waals surface area contributed by atoms with Crippen LogP contribution in [0.1, 0.15) is 26.7 Å². The Hall–Kier alpha value is -1.09. The van der Waals surface area contributed by atoms with Gasteiger partial charge in [0, 0.05) is 19.9 Å². The summed E-state index contributed by atoms with van der Waals surface area (Å²) < 4.78 is 10.5. The van der Waals surface area contributed by atoms with E-state index < -0.39 is 18.4 Å². The molecule has 0 bridgehead atoms. The monoisotopic (exact) mass is 255 g/mol. The first kappa shape index (κ1) is 15.0. The van der Waals surface area contributed by atoms with Crippen LogP contribution in [0.25, 0.3) is 0 Å². The van der Waals surface area contributed by atoms with Crippen molar-refractivity contribution in [2.24, 2.45) is 0 Å². The Morgan fingerprint density at radius 3 is 2.89 bits per heavy atom. The lowest BCUT2D eigenvalue weighted by atomic mass is 9.98. The van der Waals surface area contributed by atoms with E-state index in [1.165, 1.54) is 6.92 Å². The first-order valence-electron chi connectivity index (χ1n) is 6.10. The van der Waals surface area contributed by atoms with E-state index >= 15 is 0 Å². The normalized spacial score (nSPS) is 32.0. The van der Waals surface area contributed by atoms with E-state index in [1.54, 1.807) is 0 Å². The van der Waals surface area contributed by atoms with Gasteiger partial charge in [-0.3, -0.25) is 9.69 Å². The highest BCUT2D eigenvalue weighted by atomic mass is 16.6. The van der Waals surface area contributed by atoms with Gasteiger partial charge in [0.2, 0.25) is 0 Å². The maximum Gasteiger partial charge on any atom is 0.303 e. The molecule has 5 nitrogen and oxygen atoms in total. The van der Waals surface area contributed by atoms with E-state index in [2.05, 4.69) is 5.92 Å². The van der Waals surface area contributed by atoms with Crippen LogP contribution >= 0.6 is 0 Å². The van der Waals surface area contributed by atoms with Gasteiger partial charge >= 0.3 is 5.97 Å². The van der Waals surface area contributed by atoms with Crippen LogP contribution in [0, 0.1) is 12.3 Å². The van der Waals surface area contributed by atoms with Crippen molar-refractivity contribution >= 4 is 5.97 Å². The lowest BCUT2D eigenvalue weighted by molar-refractivity contribution is -0.241. The summed E-state index contributed by atoms with van der Waals surface area (Å²) in [6, 6.07) is -0.0824. The van der Waals surface area contributed by atoms with Crippen molar-refractivity contribution in [3.63, 3.8) is 0 Å². The minimum absolute atomic E-state index is 0.0786. The number of hydrogen-bond donors (Lipinski definition) is 1. The predicted molar refractivity (Wildman–Crippen MR) is 66.6 cm³/mol. The van der Waals surface area contributed by atoms with Gasteiger partial charge in [-0.1, -0.05) is 0 Å². The van der Waals surface area contributed by atoms with Gasteiger partial charge in [0.15, 0.2) is 12.4 Å². The molecule has 5 heteroatoms. The van der Waals surface area contributed by atoms with Crippen molar-refractivity contribution in [3.8, 4) is 12.3 Å². The maximum absolute atomic E-state index is 11.1. The smallest absolute Gasteiger partial charge is 0.303 e. The van der Waals surface area contributed by atoms with E-state index in [0.29, 0.717) is 19.4 Å². The molecule has 0 aromatic carbocycles. The quantitative estimate of drug-likeness (QED) is 0.581. The molecule has 0 aliphatic carbocycles. The van der Waals surface area contributed by atoms with Gasteiger partial charge in [-0.2, -0.15) is 0 Å². The zero-order chi connectivity index (χ0) is 13.7. The van der Waals surface area contributed by atoms with Crippen LogP contribution in [-0.2, 0) is 14.3 Å². The number of rotatable bonds is 4. The molecule has 0 spiro atoms. The number of terminal acetylenes is 1. The molecule has 0 saturated carbocycles. The Morgan fingerprint density at radius 1 is 1.67 bits per heavy atom. The number of hydrogen-bond acceptors (Lipinski definition) is 5. The SMILES string of the molecule is C#CCCN(C)[C@H]1C[C@@H](C)O[C@@H](O)[C@@H]1OC(C)=O. The molecule has 1 N–H and O–H groups in total. The summed E-state index contributed by atoms with van der Waals surface area (Å²) in [5.41, 5.74) is 0. The molecule has 0 aromatic rings. The summed E-state index contributed by atoms with van der Waals surface area (Å²) in [5, 5.41) is 9.87. The number of ether oxygens (including phenoxy) is 2. The molecule has 0 amide bonds. The molecular formula is C13H21NO4. The Labute approximate surface area is 108 Å². The fraction of sp³-hybridized carbons (Fsp3) is 0.769. The van der Waals surface area contributed by atoms with E-state index in [4.69, 9.17) is 15.9 Å². The molecular weight excluding hydrogens is 234 g/mol. The molecule has 4 atom stereocenters. The van der Waals surface area contributed by atoms with E-state index in [-0.39, 0.29) is 12.1 Å². The fourth-order valence-electron chi connectivity index (χ4n) is 2.20. The molecule has 0 aromatic heterocycles. The van der Waals surface area contributed by atoms with Crippen LogP contribution in [-0.4, -0.2) is 54.1 Å². The number of aliphatic hydroxyl groups excluding tert-OH is 1. The molecule has 1 rings (SSSR count). The van der Waals surface area contributed by atoms with Gasteiger partial charge in [0.1, 0.15) is 0 Å². The summed E-state index contributed by atoms with van der Waals surface area (Å²) in [5.74, 6) is 2.15. The summed E-state index contributed by atoms with van der Waals surface area (Å²) in [6.45, 7) is 3.90. The summed E-state index contributed by atoms with van der Waals surface area (Å²) in [4.78, 5) is 13.1. The Balaban J connectivity index is 2.73. The Kier molecular flexibility index (Phi) is 5.60. The van der Waals surface area contributed by atoms with Crippen LogP contribution in [0.5, 0.6) is 0 Å². The van der Waals surface area contributed by atoms with Crippen LogP contribution in [0.3, 0.4) is 0 Å². The summed E-state index contributed by atoms with van der Waals surface area (Å²) in [6.07, 6.45) is 4.72. The number of likely N-dealkylation sites (N-methyl/N-ethyl adjacent to an activating group) is 1. The molecule has 1 aliphatic heterocycles. The van der Waals surface area contributed by atoms with Crippen molar-refractivity contribution in [1.29, 1.82) is 0 Å². The second-order valence-corrected chi connectivity index (χ2v) is 4.65. The molecule has 102 valence electrons. The fourth-order valence-corrected chi connectivity index (χ4v) is 2.20. The Morgan fingerprint density at radius 2 is 2.33 bits per heavy atom. The third kappa shape index (κ3) is 3.98. The highest BCUT2D eigenvalue weighted by Gasteiger charge is 2.40. The maximum atomic E-state index is 11.1. The van der Waals surface area contributed by atoms with Crippen molar-refractivity contribution in [3.05, 3.63) is 0 Å². The van der Waals surface area contributed by atoms with Crippen molar-refractivity contribution in [1.82, 2.24) is 4.90 Å². The average Bonchev–Trinajstić information content (AvgIpc) is 2.28. The highest BCUT2D eigenvalue weighted by Crippen LogP contribution is 2.25. The molecule has 1 heterocycles. The predicted octanol–water partition coefficient (Wildman–Crippen LogP) is 0.369. The zero-order valence-corrected chi connectivity index (χ0v) is 11.1. The van der Waals surface area contributed by atoms with E-state index in [0.717, 1.165) is 0 Å². The number of carbonyl (C=O) groups is 1. The third-order valence-corrected chi connectivity index (χ3v) is 3.08. The van der Waals surface area contributed by atoms with Gasteiger partial charge in [-0.15, -0.1) is 12.3 Å². The molecule has 1 saturated heterocycles. The zero-order valence-electron chi connectivity index (χ0n) is 11.1. The van der Waals surface area contributed by atoms with Gasteiger partial charge in [-0.25, -0.2) is 0 Å². The van der Waals surface area contributed by atoms with Crippen molar-refractivity contribution < 1.29 is 19.4 Å². The topological polar surface area (TPSA) is 59.0 Å². The second-order valence-electron chi connectivity index (χ2n) is 4.65. The average molecular weight is 255 g/mol. The molecule has 0 unspecified atom stereocenters. The molecule has 18 heavy (non-hydrogen) atoms. The standard InChI is InChI=1S/C13H21NO4/c1-5-6-7-14(4)11-8-9(2)17-13(16)12(11)18-10(3)15/h1,9,11-13,16H,6-8H2,2-4H3/t9-,11+,12-,13-/m1/s1. The molecule has 0 radical (unpaired) electrons.